The van der Waals surface area contributed by atoms with E-state index in [1.54, 1.807) is 17.0 Å². The van der Waals surface area contributed by atoms with Gasteiger partial charge in [-0.25, -0.2) is 13.4 Å². The summed E-state index contributed by atoms with van der Waals surface area (Å²) in [6, 6.07) is 12.5. The van der Waals surface area contributed by atoms with Crippen LogP contribution in [-0.4, -0.2) is 59.7 Å². The zero-order chi connectivity index (χ0) is 20.6. The molecule has 4 rings (SSSR count). The van der Waals surface area contributed by atoms with Gasteiger partial charge in [0.05, 0.1) is 22.1 Å². The second kappa shape index (κ2) is 7.53. The minimum atomic E-state index is -3.58. The van der Waals surface area contributed by atoms with E-state index in [0.29, 0.717) is 23.5 Å². The maximum atomic E-state index is 12.9. The van der Waals surface area contributed by atoms with Crippen molar-refractivity contribution in [3.05, 3.63) is 65.5 Å². The van der Waals surface area contributed by atoms with E-state index in [1.165, 1.54) is 10.5 Å². The highest BCUT2D eigenvalue weighted by molar-refractivity contribution is 7.89. The number of aryl methyl sites for hydroxylation is 2. The summed E-state index contributed by atoms with van der Waals surface area (Å²) in [6.07, 6.45) is 1.48. The number of fused-ring (bicyclic) bond motifs is 1. The fourth-order valence-corrected chi connectivity index (χ4v) is 4.89. The molecular weight excluding hydrogens is 388 g/mol. The van der Waals surface area contributed by atoms with Crippen LogP contribution in [-0.2, 0) is 10.0 Å². The number of sulfonamides is 1. The highest BCUT2D eigenvalue weighted by Crippen LogP contribution is 2.21. The van der Waals surface area contributed by atoms with Crippen molar-refractivity contribution in [3.8, 4) is 0 Å². The Kier molecular flexibility index (Phi) is 5.06. The number of benzene rings is 2. The first-order chi connectivity index (χ1) is 13.9. The second-order valence-corrected chi connectivity index (χ2v) is 9.12. The monoisotopic (exact) mass is 410 g/mol. The number of hydrogen-bond donors (Lipinski definition) is 0. The molecule has 7 nitrogen and oxygen atoms in total. The minimum Gasteiger partial charge on any atom is -0.335 e. The van der Waals surface area contributed by atoms with Crippen LogP contribution in [0.15, 0.2) is 53.6 Å². The first-order valence-electron chi connectivity index (χ1n) is 9.45. The normalized spacial score (nSPS) is 15.6. The Morgan fingerprint density at radius 3 is 2.31 bits per heavy atom. The van der Waals surface area contributed by atoms with E-state index in [-0.39, 0.29) is 24.7 Å². The smallest absolute Gasteiger partial charge is 0.274 e. The van der Waals surface area contributed by atoms with Crippen molar-refractivity contribution in [1.29, 1.82) is 0 Å². The van der Waals surface area contributed by atoms with E-state index in [1.807, 2.05) is 44.2 Å². The maximum Gasteiger partial charge on any atom is 0.274 e. The third-order valence-electron chi connectivity index (χ3n) is 5.31. The van der Waals surface area contributed by atoms with Crippen LogP contribution in [0.5, 0.6) is 0 Å². The van der Waals surface area contributed by atoms with E-state index >= 15 is 0 Å². The number of para-hydroxylation sites is 2. The minimum absolute atomic E-state index is 0.230. The summed E-state index contributed by atoms with van der Waals surface area (Å²) in [5.41, 5.74) is 3.66. The molecule has 2 heterocycles. The number of rotatable bonds is 3. The van der Waals surface area contributed by atoms with Crippen molar-refractivity contribution in [2.45, 2.75) is 18.7 Å². The van der Waals surface area contributed by atoms with Crippen molar-refractivity contribution in [3.63, 3.8) is 0 Å². The largest absolute Gasteiger partial charge is 0.335 e. The van der Waals surface area contributed by atoms with E-state index in [4.69, 9.17) is 0 Å². The van der Waals surface area contributed by atoms with Gasteiger partial charge in [-0.05, 0) is 49.2 Å². The average molecular weight is 410 g/mol. The van der Waals surface area contributed by atoms with Crippen LogP contribution in [0.2, 0.25) is 0 Å². The number of carbonyl (C=O) groups excluding carboxylic acids is 1. The molecule has 1 aliphatic rings. The van der Waals surface area contributed by atoms with Gasteiger partial charge in [-0.15, -0.1) is 0 Å². The van der Waals surface area contributed by atoms with E-state index < -0.39 is 10.0 Å². The fraction of sp³-hybridized carbons (Fsp3) is 0.286. The Bertz CT molecular complexity index is 1190. The van der Waals surface area contributed by atoms with Gasteiger partial charge in [0.1, 0.15) is 5.69 Å². The van der Waals surface area contributed by atoms with Crippen LogP contribution < -0.4 is 0 Å². The van der Waals surface area contributed by atoms with Crippen molar-refractivity contribution in [2.24, 2.45) is 0 Å². The van der Waals surface area contributed by atoms with E-state index in [2.05, 4.69) is 9.97 Å². The van der Waals surface area contributed by atoms with Gasteiger partial charge >= 0.3 is 0 Å². The standard InChI is InChI=1S/C21H22N4O3S/c1-15-7-8-17(13-16(15)2)29(27,28)25-11-9-24(10-12-25)21(26)20-14-22-18-5-3-4-6-19(18)23-20/h3-8,13-14H,9-12H2,1-2H3. The first kappa shape index (κ1) is 19.5. The molecule has 1 saturated heterocycles. The van der Waals surface area contributed by atoms with Crippen LogP contribution in [0, 0.1) is 13.8 Å². The summed E-state index contributed by atoms with van der Waals surface area (Å²) in [5, 5.41) is 0. The fourth-order valence-electron chi connectivity index (χ4n) is 3.38. The van der Waals surface area contributed by atoms with Crippen LogP contribution in [0.1, 0.15) is 21.6 Å². The Hall–Kier alpha value is -2.84. The van der Waals surface area contributed by atoms with Gasteiger partial charge in [0.2, 0.25) is 10.0 Å². The molecule has 0 atom stereocenters. The number of hydrogen-bond acceptors (Lipinski definition) is 5. The quantitative estimate of drug-likeness (QED) is 0.662. The molecule has 1 aliphatic heterocycles. The lowest BCUT2D eigenvalue weighted by Gasteiger charge is -2.33. The Morgan fingerprint density at radius 1 is 0.931 bits per heavy atom. The molecule has 1 amide bonds. The Labute approximate surface area is 170 Å². The Balaban J connectivity index is 1.48. The van der Waals surface area contributed by atoms with Gasteiger partial charge in [-0.3, -0.25) is 9.78 Å². The molecule has 0 bridgehead atoms. The zero-order valence-electron chi connectivity index (χ0n) is 16.4. The van der Waals surface area contributed by atoms with Crippen molar-refractivity contribution in [2.75, 3.05) is 26.2 Å². The van der Waals surface area contributed by atoms with Gasteiger partial charge in [0.25, 0.3) is 5.91 Å². The predicted molar refractivity (Wildman–Crippen MR) is 110 cm³/mol. The topological polar surface area (TPSA) is 83.5 Å². The van der Waals surface area contributed by atoms with Gasteiger partial charge in [0, 0.05) is 26.2 Å². The van der Waals surface area contributed by atoms with Crippen LogP contribution in [0.3, 0.4) is 0 Å². The molecule has 0 saturated carbocycles. The Morgan fingerprint density at radius 2 is 1.62 bits per heavy atom. The zero-order valence-corrected chi connectivity index (χ0v) is 17.2. The van der Waals surface area contributed by atoms with Crippen LogP contribution >= 0.6 is 0 Å². The second-order valence-electron chi connectivity index (χ2n) is 7.19. The highest BCUT2D eigenvalue weighted by Gasteiger charge is 2.31. The number of piperazine rings is 1. The molecule has 150 valence electrons. The predicted octanol–water partition coefficient (Wildman–Crippen LogP) is 2.39. The lowest BCUT2D eigenvalue weighted by molar-refractivity contribution is 0.0692. The van der Waals surface area contributed by atoms with Gasteiger partial charge in [0.15, 0.2) is 0 Å². The molecule has 2 aromatic carbocycles. The van der Waals surface area contributed by atoms with E-state index in [0.717, 1.165) is 16.6 Å². The molecular formula is C21H22N4O3S. The van der Waals surface area contributed by atoms with Crippen molar-refractivity contribution in [1.82, 2.24) is 19.2 Å². The molecule has 0 N–H and O–H groups in total. The molecule has 0 unspecified atom stereocenters. The van der Waals surface area contributed by atoms with Gasteiger partial charge in [-0.2, -0.15) is 4.31 Å². The average Bonchev–Trinajstić information content (AvgIpc) is 2.74. The maximum absolute atomic E-state index is 12.9. The molecule has 0 radical (unpaired) electrons. The van der Waals surface area contributed by atoms with Gasteiger partial charge in [-0.1, -0.05) is 18.2 Å². The SMILES string of the molecule is Cc1ccc(S(=O)(=O)N2CCN(C(=O)c3cnc4ccccc4n3)CC2)cc1C. The third-order valence-corrected chi connectivity index (χ3v) is 7.20. The highest BCUT2D eigenvalue weighted by atomic mass is 32.2. The molecule has 29 heavy (non-hydrogen) atoms. The number of amides is 1. The number of carbonyl (C=O) groups is 1. The molecule has 0 spiro atoms. The molecule has 3 aromatic rings. The van der Waals surface area contributed by atoms with Crippen molar-refractivity contribution < 1.29 is 13.2 Å². The third kappa shape index (κ3) is 3.73. The summed E-state index contributed by atoms with van der Waals surface area (Å²) in [6.45, 7) is 4.99. The van der Waals surface area contributed by atoms with Gasteiger partial charge < -0.3 is 4.90 Å². The number of nitrogens with zero attached hydrogens (tertiary/aromatic N) is 4. The molecule has 8 heteroatoms. The summed E-state index contributed by atoms with van der Waals surface area (Å²) in [4.78, 5) is 23.4. The van der Waals surface area contributed by atoms with Crippen molar-refractivity contribution >= 4 is 27.0 Å². The lowest BCUT2D eigenvalue weighted by Crippen LogP contribution is -2.50. The summed E-state index contributed by atoms with van der Waals surface area (Å²) < 4.78 is 27.3. The lowest BCUT2D eigenvalue weighted by atomic mass is 10.1. The molecule has 1 fully saturated rings. The summed E-state index contributed by atoms with van der Waals surface area (Å²) in [7, 11) is -3.58. The summed E-state index contributed by atoms with van der Waals surface area (Å²) >= 11 is 0. The van der Waals surface area contributed by atoms with Crippen LogP contribution in [0.4, 0.5) is 0 Å². The van der Waals surface area contributed by atoms with E-state index in [9.17, 15) is 13.2 Å². The molecule has 0 aliphatic carbocycles. The molecule has 1 aromatic heterocycles. The number of aromatic nitrogens is 2. The van der Waals surface area contributed by atoms with Crippen LogP contribution in [0.25, 0.3) is 11.0 Å². The first-order valence-corrected chi connectivity index (χ1v) is 10.9. The summed E-state index contributed by atoms with van der Waals surface area (Å²) in [5.74, 6) is -0.230.